The molecule has 1 N–H and O–H groups in total. The molecule has 8 nitrogen and oxygen atoms in total. The van der Waals surface area contributed by atoms with E-state index in [1.165, 1.54) is 25.5 Å². The van der Waals surface area contributed by atoms with Gasteiger partial charge in [0.1, 0.15) is 18.1 Å². The van der Waals surface area contributed by atoms with Crippen molar-refractivity contribution in [2.45, 2.75) is 6.61 Å². The smallest absolute Gasteiger partial charge is 0.275 e. The van der Waals surface area contributed by atoms with E-state index in [0.29, 0.717) is 17.9 Å². The summed E-state index contributed by atoms with van der Waals surface area (Å²) in [6, 6.07) is 18.8. The van der Waals surface area contributed by atoms with Gasteiger partial charge in [-0.25, -0.2) is 5.43 Å². The lowest BCUT2D eigenvalue weighted by Gasteiger charge is -2.09. The maximum absolute atomic E-state index is 12.5. The van der Waals surface area contributed by atoms with Crippen LogP contribution in [0.5, 0.6) is 11.5 Å². The Labute approximate surface area is 186 Å². The predicted octanol–water partition coefficient (Wildman–Crippen LogP) is 4.71. The number of methoxy groups -OCH3 is 1. The highest BCUT2D eigenvalue weighted by molar-refractivity contribution is 9.10. The second-order valence-electron chi connectivity index (χ2n) is 6.29. The van der Waals surface area contributed by atoms with E-state index in [9.17, 15) is 14.9 Å². The van der Waals surface area contributed by atoms with E-state index >= 15 is 0 Å². The Morgan fingerprint density at radius 2 is 1.87 bits per heavy atom. The van der Waals surface area contributed by atoms with E-state index in [2.05, 4.69) is 26.5 Å². The van der Waals surface area contributed by atoms with Crippen LogP contribution in [-0.4, -0.2) is 24.2 Å². The largest absolute Gasteiger partial charge is 0.496 e. The first kappa shape index (κ1) is 22.0. The van der Waals surface area contributed by atoms with Crippen molar-refractivity contribution in [1.82, 2.24) is 5.43 Å². The molecule has 0 bridgehead atoms. The highest BCUT2D eigenvalue weighted by Gasteiger charge is 2.17. The van der Waals surface area contributed by atoms with E-state index in [1.807, 2.05) is 36.4 Å². The molecule has 0 spiro atoms. The number of nitrogens with one attached hydrogen (secondary N) is 1. The fourth-order valence-corrected chi connectivity index (χ4v) is 2.93. The maximum Gasteiger partial charge on any atom is 0.275 e. The number of amides is 1. The van der Waals surface area contributed by atoms with Gasteiger partial charge in [-0.3, -0.25) is 14.9 Å². The highest BCUT2D eigenvalue weighted by Crippen LogP contribution is 2.24. The van der Waals surface area contributed by atoms with Crippen molar-refractivity contribution in [3.05, 3.63) is 98.0 Å². The van der Waals surface area contributed by atoms with Gasteiger partial charge in [0.25, 0.3) is 11.6 Å². The quantitative estimate of drug-likeness (QED) is 0.284. The summed E-state index contributed by atoms with van der Waals surface area (Å²) in [7, 11) is 1.38. The molecule has 0 aliphatic heterocycles. The van der Waals surface area contributed by atoms with Crippen molar-refractivity contribution in [3.8, 4) is 11.5 Å². The van der Waals surface area contributed by atoms with Crippen LogP contribution in [0.4, 0.5) is 5.69 Å². The number of halogens is 1. The molecule has 0 atom stereocenters. The summed E-state index contributed by atoms with van der Waals surface area (Å²) in [5.41, 5.74) is 3.81. The van der Waals surface area contributed by atoms with Crippen LogP contribution in [-0.2, 0) is 6.61 Å². The molecule has 0 aliphatic carbocycles. The van der Waals surface area contributed by atoms with Crippen LogP contribution in [0.2, 0.25) is 0 Å². The van der Waals surface area contributed by atoms with Crippen molar-refractivity contribution in [1.29, 1.82) is 0 Å². The number of carbonyl (C=O) groups is 1. The van der Waals surface area contributed by atoms with Crippen LogP contribution < -0.4 is 14.9 Å². The number of hydrogen-bond donors (Lipinski definition) is 1. The lowest BCUT2D eigenvalue weighted by Crippen LogP contribution is -2.18. The van der Waals surface area contributed by atoms with Gasteiger partial charge < -0.3 is 9.47 Å². The zero-order chi connectivity index (χ0) is 22.2. The molecule has 31 heavy (non-hydrogen) atoms. The Balaban J connectivity index is 1.70. The van der Waals surface area contributed by atoms with Gasteiger partial charge in [0.15, 0.2) is 0 Å². The molecule has 0 radical (unpaired) electrons. The van der Waals surface area contributed by atoms with E-state index < -0.39 is 10.8 Å². The van der Waals surface area contributed by atoms with Gasteiger partial charge in [0.05, 0.1) is 23.8 Å². The van der Waals surface area contributed by atoms with Gasteiger partial charge in [0.2, 0.25) is 0 Å². The number of hydrazone groups is 1. The zero-order valence-electron chi connectivity index (χ0n) is 16.4. The SMILES string of the molecule is COc1ccc([N+](=O)[O-])cc1C(=O)N/N=C\c1ccccc1OCc1ccc(Br)cc1. The molecule has 0 fully saturated rings. The minimum absolute atomic E-state index is 0.00798. The second-order valence-corrected chi connectivity index (χ2v) is 7.21. The van der Waals surface area contributed by atoms with Crippen molar-refractivity contribution < 1.29 is 19.2 Å². The maximum atomic E-state index is 12.5. The van der Waals surface area contributed by atoms with Crippen molar-refractivity contribution in [2.75, 3.05) is 7.11 Å². The summed E-state index contributed by atoms with van der Waals surface area (Å²) in [6.45, 7) is 0.370. The Morgan fingerprint density at radius 3 is 2.58 bits per heavy atom. The number of nitro groups is 1. The summed E-state index contributed by atoms with van der Waals surface area (Å²) >= 11 is 3.40. The van der Waals surface area contributed by atoms with Crippen LogP contribution >= 0.6 is 15.9 Å². The minimum Gasteiger partial charge on any atom is -0.496 e. The van der Waals surface area contributed by atoms with Gasteiger partial charge in [-0.05, 0) is 35.9 Å². The number of carbonyl (C=O) groups excluding carboxylic acids is 1. The van der Waals surface area contributed by atoms with E-state index in [-0.39, 0.29) is 17.0 Å². The molecule has 3 aromatic rings. The van der Waals surface area contributed by atoms with Crippen LogP contribution in [0.25, 0.3) is 0 Å². The lowest BCUT2D eigenvalue weighted by molar-refractivity contribution is -0.384. The topological polar surface area (TPSA) is 103 Å². The molecule has 0 saturated heterocycles. The Bertz CT molecular complexity index is 1120. The Hall–Kier alpha value is -3.72. The third kappa shape index (κ3) is 5.89. The first-order valence-corrected chi connectivity index (χ1v) is 9.89. The Morgan fingerprint density at radius 1 is 1.13 bits per heavy atom. The summed E-state index contributed by atoms with van der Waals surface area (Å²) < 4.78 is 12.0. The molecule has 0 aliphatic rings. The molecule has 9 heteroatoms. The van der Waals surface area contributed by atoms with E-state index in [1.54, 1.807) is 12.1 Å². The van der Waals surface area contributed by atoms with Gasteiger partial charge in [-0.1, -0.05) is 40.2 Å². The second kappa shape index (κ2) is 10.4. The first-order chi connectivity index (χ1) is 15.0. The molecular weight excluding hydrogens is 466 g/mol. The fourth-order valence-electron chi connectivity index (χ4n) is 2.67. The van der Waals surface area contributed by atoms with Gasteiger partial charge >= 0.3 is 0 Å². The summed E-state index contributed by atoms with van der Waals surface area (Å²) in [4.78, 5) is 22.8. The molecule has 0 heterocycles. The number of rotatable bonds is 8. The van der Waals surface area contributed by atoms with Gasteiger partial charge in [-0.2, -0.15) is 5.10 Å². The Kier molecular flexibility index (Phi) is 7.34. The number of benzene rings is 3. The van der Waals surface area contributed by atoms with E-state index in [0.717, 1.165) is 16.1 Å². The number of non-ortho nitro benzene ring substituents is 1. The third-order valence-corrected chi connectivity index (χ3v) is 4.76. The zero-order valence-corrected chi connectivity index (χ0v) is 18.0. The molecule has 1 amide bonds. The van der Waals surface area contributed by atoms with E-state index in [4.69, 9.17) is 9.47 Å². The number of nitrogens with zero attached hydrogens (tertiary/aromatic N) is 2. The number of nitro benzene ring substituents is 1. The van der Waals surface area contributed by atoms with Crippen molar-refractivity contribution in [3.63, 3.8) is 0 Å². The number of hydrogen-bond acceptors (Lipinski definition) is 6. The molecule has 3 aromatic carbocycles. The summed E-state index contributed by atoms with van der Waals surface area (Å²) in [5.74, 6) is 0.165. The van der Waals surface area contributed by atoms with Gasteiger partial charge in [-0.15, -0.1) is 0 Å². The van der Waals surface area contributed by atoms with Crippen LogP contribution in [0.3, 0.4) is 0 Å². The molecule has 3 rings (SSSR count). The molecular formula is C22H18BrN3O5. The average molecular weight is 484 g/mol. The van der Waals surface area contributed by atoms with Gasteiger partial charge in [0, 0.05) is 22.2 Å². The molecule has 158 valence electrons. The summed E-state index contributed by atoms with van der Waals surface area (Å²) in [6.07, 6.45) is 1.44. The molecule has 0 unspecified atom stereocenters. The van der Waals surface area contributed by atoms with Crippen molar-refractivity contribution >= 4 is 33.7 Å². The highest BCUT2D eigenvalue weighted by atomic mass is 79.9. The minimum atomic E-state index is -0.634. The van der Waals surface area contributed by atoms with Crippen LogP contribution in [0.15, 0.2) is 76.3 Å². The predicted molar refractivity (Wildman–Crippen MR) is 120 cm³/mol. The average Bonchev–Trinajstić information content (AvgIpc) is 2.78. The molecule has 0 aromatic heterocycles. The first-order valence-electron chi connectivity index (χ1n) is 9.10. The lowest BCUT2D eigenvalue weighted by atomic mass is 10.1. The number of para-hydroxylation sites is 1. The standard InChI is InChI=1S/C22H18BrN3O5/c1-30-21-11-10-18(26(28)29)12-19(21)22(27)25-24-13-16-4-2-3-5-20(16)31-14-15-6-8-17(23)9-7-15/h2-13H,14H2,1H3,(H,25,27)/b24-13-. The monoisotopic (exact) mass is 483 g/mol. The van der Waals surface area contributed by atoms with Crippen molar-refractivity contribution in [2.24, 2.45) is 5.10 Å². The summed E-state index contributed by atoms with van der Waals surface area (Å²) in [5, 5.41) is 14.9. The third-order valence-electron chi connectivity index (χ3n) is 4.23. The van der Waals surface area contributed by atoms with Crippen LogP contribution in [0, 0.1) is 10.1 Å². The fraction of sp³-hybridized carbons (Fsp3) is 0.0909. The molecule has 0 saturated carbocycles. The normalized spacial score (nSPS) is 10.6. The van der Waals surface area contributed by atoms with Crippen LogP contribution in [0.1, 0.15) is 21.5 Å². The number of ether oxygens (including phenoxy) is 2.